The number of morpholine rings is 1. The normalized spacial score (nSPS) is 14.9. The molecule has 1 N–H and O–H groups in total. The maximum atomic E-state index is 5.32. The van der Waals surface area contributed by atoms with E-state index >= 15 is 0 Å². The minimum absolute atomic E-state index is 0.887. The van der Waals surface area contributed by atoms with Crippen molar-refractivity contribution in [3.63, 3.8) is 0 Å². The van der Waals surface area contributed by atoms with Gasteiger partial charge in [-0.25, -0.2) is 0 Å². The molecular weight excluding hydrogens is 260 g/mol. The van der Waals surface area contributed by atoms with E-state index in [9.17, 15) is 0 Å². The van der Waals surface area contributed by atoms with Crippen molar-refractivity contribution in [3.8, 4) is 0 Å². The third-order valence-electron chi connectivity index (χ3n) is 3.32. The van der Waals surface area contributed by atoms with Crippen LogP contribution >= 0.6 is 0 Å². The topological polar surface area (TPSA) is 24.5 Å². The molecule has 0 aromatic heterocycles. The number of nitrogens with zero attached hydrogens (tertiary/aromatic N) is 1. The number of ether oxygens (including phenoxy) is 1. The van der Waals surface area contributed by atoms with Crippen LogP contribution in [0.5, 0.6) is 0 Å². The SMILES string of the molecule is C=CC=C.Cc1ccc(CNCCN2CCOCC2)cc1. The quantitative estimate of drug-likeness (QED) is 0.643. The molecule has 21 heavy (non-hydrogen) atoms. The van der Waals surface area contributed by atoms with Crippen molar-refractivity contribution < 1.29 is 4.74 Å². The molecule has 0 radical (unpaired) electrons. The second-order valence-electron chi connectivity index (χ2n) is 5.09. The average Bonchev–Trinajstić information content (AvgIpc) is 2.54. The largest absolute Gasteiger partial charge is 0.379 e. The van der Waals surface area contributed by atoms with E-state index in [4.69, 9.17) is 4.74 Å². The molecule has 1 aromatic carbocycles. The molecule has 0 spiro atoms. The third kappa shape index (κ3) is 8.45. The first-order valence-corrected chi connectivity index (χ1v) is 7.56. The number of benzene rings is 1. The molecule has 3 nitrogen and oxygen atoms in total. The molecule has 0 saturated carbocycles. The highest BCUT2D eigenvalue weighted by Gasteiger charge is 2.08. The van der Waals surface area contributed by atoms with Crippen molar-refractivity contribution >= 4 is 0 Å². The zero-order valence-electron chi connectivity index (χ0n) is 13.2. The van der Waals surface area contributed by atoms with Gasteiger partial charge in [0.05, 0.1) is 13.2 Å². The highest BCUT2D eigenvalue weighted by molar-refractivity contribution is 5.20. The monoisotopic (exact) mass is 288 g/mol. The highest BCUT2D eigenvalue weighted by Crippen LogP contribution is 2.02. The molecule has 0 bridgehead atoms. The molecule has 1 aliphatic rings. The molecule has 2 rings (SSSR count). The fourth-order valence-electron chi connectivity index (χ4n) is 2.00. The van der Waals surface area contributed by atoms with Crippen LogP contribution in [0, 0.1) is 6.92 Å². The molecule has 1 aliphatic heterocycles. The van der Waals surface area contributed by atoms with Crippen LogP contribution < -0.4 is 5.32 Å². The second-order valence-corrected chi connectivity index (χ2v) is 5.09. The first kappa shape index (κ1) is 17.6. The van der Waals surface area contributed by atoms with Gasteiger partial charge in [-0.3, -0.25) is 4.90 Å². The highest BCUT2D eigenvalue weighted by atomic mass is 16.5. The molecule has 3 heteroatoms. The minimum Gasteiger partial charge on any atom is -0.379 e. The molecular formula is C18H28N2O. The van der Waals surface area contributed by atoms with Crippen molar-refractivity contribution in [2.24, 2.45) is 0 Å². The predicted molar refractivity (Wildman–Crippen MR) is 90.5 cm³/mol. The Morgan fingerprint density at radius 2 is 1.76 bits per heavy atom. The van der Waals surface area contributed by atoms with E-state index in [2.05, 4.69) is 54.6 Å². The lowest BCUT2D eigenvalue weighted by molar-refractivity contribution is 0.0384. The number of aryl methyl sites for hydroxylation is 1. The standard InChI is InChI=1S/C14H22N2O.C4H6/c1-13-2-4-14(5-3-13)12-15-6-7-16-8-10-17-11-9-16;1-3-4-2/h2-5,15H,6-12H2,1H3;3-4H,1-2H2. The van der Waals surface area contributed by atoms with Crippen molar-refractivity contribution in [3.05, 3.63) is 60.7 Å². The van der Waals surface area contributed by atoms with Crippen molar-refractivity contribution in [1.82, 2.24) is 10.2 Å². The minimum atomic E-state index is 0.887. The summed E-state index contributed by atoms with van der Waals surface area (Å²) in [7, 11) is 0. The molecule has 0 amide bonds. The van der Waals surface area contributed by atoms with Gasteiger partial charge in [0.25, 0.3) is 0 Å². The Labute approximate surface area is 129 Å². The van der Waals surface area contributed by atoms with Crippen LogP contribution in [0.3, 0.4) is 0 Å². The molecule has 1 aromatic rings. The number of nitrogens with one attached hydrogen (secondary N) is 1. The van der Waals surface area contributed by atoms with E-state index in [-0.39, 0.29) is 0 Å². The van der Waals surface area contributed by atoms with Crippen LogP contribution in [0.1, 0.15) is 11.1 Å². The van der Waals surface area contributed by atoms with Gasteiger partial charge in [-0.05, 0) is 12.5 Å². The van der Waals surface area contributed by atoms with E-state index < -0.39 is 0 Å². The van der Waals surface area contributed by atoms with Crippen molar-refractivity contribution in [2.75, 3.05) is 39.4 Å². The Morgan fingerprint density at radius 3 is 2.33 bits per heavy atom. The van der Waals surface area contributed by atoms with Gasteiger partial charge < -0.3 is 10.1 Å². The predicted octanol–water partition coefficient (Wildman–Crippen LogP) is 2.78. The van der Waals surface area contributed by atoms with Gasteiger partial charge >= 0.3 is 0 Å². The molecule has 1 heterocycles. The summed E-state index contributed by atoms with van der Waals surface area (Å²) >= 11 is 0. The maximum absolute atomic E-state index is 5.32. The zero-order valence-corrected chi connectivity index (χ0v) is 13.2. The van der Waals surface area contributed by atoms with Crippen molar-refractivity contribution in [2.45, 2.75) is 13.5 Å². The van der Waals surface area contributed by atoms with Crippen LogP contribution in [-0.2, 0) is 11.3 Å². The van der Waals surface area contributed by atoms with Crippen LogP contribution in [0.2, 0.25) is 0 Å². The summed E-state index contributed by atoms with van der Waals surface area (Å²) in [4.78, 5) is 2.45. The Bertz CT molecular complexity index is 388. The Hall–Kier alpha value is -1.42. The lowest BCUT2D eigenvalue weighted by Crippen LogP contribution is -2.40. The van der Waals surface area contributed by atoms with E-state index in [0.717, 1.165) is 45.9 Å². The van der Waals surface area contributed by atoms with Gasteiger partial charge in [-0.2, -0.15) is 0 Å². The van der Waals surface area contributed by atoms with Gasteiger partial charge in [0.2, 0.25) is 0 Å². The smallest absolute Gasteiger partial charge is 0.0594 e. The summed E-state index contributed by atoms with van der Waals surface area (Å²) in [6.07, 6.45) is 3.28. The first-order chi connectivity index (χ1) is 10.3. The summed E-state index contributed by atoms with van der Waals surface area (Å²) in [6, 6.07) is 8.71. The summed E-state index contributed by atoms with van der Waals surface area (Å²) < 4.78 is 5.32. The average molecular weight is 288 g/mol. The Morgan fingerprint density at radius 1 is 1.14 bits per heavy atom. The Kier molecular flexibility index (Phi) is 9.46. The Balaban J connectivity index is 0.000000491. The molecule has 1 saturated heterocycles. The molecule has 0 unspecified atom stereocenters. The lowest BCUT2D eigenvalue weighted by Gasteiger charge is -2.26. The summed E-state index contributed by atoms with van der Waals surface area (Å²) in [5, 5.41) is 3.49. The first-order valence-electron chi connectivity index (χ1n) is 7.56. The van der Waals surface area contributed by atoms with Gasteiger partial charge in [-0.1, -0.05) is 55.1 Å². The van der Waals surface area contributed by atoms with Crippen LogP contribution in [0.15, 0.2) is 49.6 Å². The number of allylic oxidation sites excluding steroid dienone is 2. The van der Waals surface area contributed by atoms with Crippen LogP contribution in [0.25, 0.3) is 0 Å². The van der Waals surface area contributed by atoms with E-state index in [0.29, 0.717) is 0 Å². The van der Waals surface area contributed by atoms with Gasteiger partial charge in [0.15, 0.2) is 0 Å². The van der Waals surface area contributed by atoms with Gasteiger partial charge in [0, 0.05) is 32.7 Å². The summed E-state index contributed by atoms with van der Waals surface area (Å²) in [5.41, 5.74) is 2.68. The number of rotatable bonds is 6. The summed E-state index contributed by atoms with van der Waals surface area (Å²) in [6.45, 7) is 15.9. The summed E-state index contributed by atoms with van der Waals surface area (Å²) in [5.74, 6) is 0. The fourth-order valence-corrected chi connectivity index (χ4v) is 2.00. The van der Waals surface area contributed by atoms with E-state index in [1.165, 1.54) is 11.1 Å². The molecule has 116 valence electrons. The van der Waals surface area contributed by atoms with E-state index in [1.54, 1.807) is 12.2 Å². The second kappa shape index (κ2) is 11.3. The maximum Gasteiger partial charge on any atom is 0.0594 e. The van der Waals surface area contributed by atoms with Gasteiger partial charge in [-0.15, -0.1) is 0 Å². The zero-order chi connectivity index (χ0) is 15.3. The van der Waals surface area contributed by atoms with Crippen LogP contribution in [0.4, 0.5) is 0 Å². The third-order valence-corrected chi connectivity index (χ3v) is 3.32. The lowest BCUT2D eigenvalue weighted by atomic mass is 10.1. The fraction of sp³-hybridized carbons (Fsp3) is 0.444. The molecule has 0 aliphatic carbocycles. The molecule has 1 fully saturated rings. The van der Waals surface area contributed by atoms with Crippen molar-refractivity contribution in [1.29, 1.82) is 0 Å². The number of hydrogen-bond donors (Lipinski definition) is 1. The van der Waals surface area contributed by atoms with E-state index in [1.807, 2.05) is 0 Å². The van der Waals surface area contributed by atoms with Gasteiger partial charge in [0.1, 0.15) is 0 Å². The van der Waals surface area contributed by atoms with Crippen LogP contribution in [-0.4, -0.2) is 44.3 Å². The molecule has 0 atom stereocenters. The number of hydrogen-bond acceptors (Lipinski definition) is 3.